The zero-order valence-electron chi connectivity index (χ0n) is 8.07. The average molecular weight is 198 g/mol. The van der Waals surface area contributed by atoms with E-state index in [2.05, 4.69) is 4.98 Å². The molecule has 0 aliphatic rings. The van der Waals surface area contributed by atoms with Crippen molar-refractivity contribution in [3.8, 4) is 0 Å². The zero-order valence-corrected chi connectivity index (χ0v) is 8.07. The predicted octanol–water partition coefficient (Wildman–Crippen LogP) is 0.664. The highest BCUT2D eigenvalue weighted by atomic mass is 16.4. The first-order valence-corrected chi connectivity index (χ1v) is 3.88. The van der Waals surface area contributed by atoms with Crippen LogP contribution >= 0.6 is 0 Å². The molecular formula is C8H10N2O4. The summed E-state index contributed by atoms with van der Waals surface area (Å²) in [5.74, 6) is -1.71. The maximum Gasteiger partial charge on any atom is 0.373 e. The van der Waals surface area contributed by atoms with Crippen LogP contribution in [0.25, 0.3) is 0 Å². The van der Waals surface area contributed by atoms with Crippen LogP contribution in [0.2, 0.25) is 0 Å². The Labute approximate surface area is 80.1 Å². The van der Waals surface area contributed by atoms with E-state index in [1.807, 2.05) is 0 Å². The highest BCUT2D eigenvalue weighted by Gasteiger charge is 2.19. The molecule has 0 radical (unpaired) electrons. The Kier molecular flexibility index (Phi) is 2.55. The Balaban J connectivity index is 3.08. The van der Waals surface area contributed by atoms with E-state index >= 15 is 0 Å². The molecule has 0 fully saturated rings. The van der Waals surface area contributed by atoms with Crippen LogP contribution in [0.3, 0.4) is 0 Å². The summed E-state index contributed by atoms with van der Waals surface area (Å²) in [6.45, 7) is 2.84. The normalized spacial score (nSPS) is 9.93. The fourth-order valence-electron chi connectivity index (χ4n) is 0.859. The number of hydrogen-bond donors (Lipinski definition) is 1. The van der Waals surface area contributed by atoms with Crippen LogP contribution < -0.4 is 4.90 Å². The zero-order chi connectivity index (χ0) is 10.9. The van der Waals surface area contributed by atoms with Gasteiger partial charge in [-0.15, -0.1) is 0 Å². The number of rotatable bonds is 2. The van der Waals surface area contributed by atoms with E-state index in [0.717, 1.165) is 4.90 Å². The number of aryl methyl sites for hydroxylation is 1. The first-order chi connectivity index (χ1) is 6.43. The molecule has 0 aliphatic heterocycles. The molecular weight excluding hydrogens is 188 g/mol. The Morgan fingerprint density at radius 2 is 2.07 bits per heavy atom. The van der Waals surface area contributed by atoms with E-state index in [1.165, 1.54) is 20.9 Å². The molecule has 1 amide bonds. The van der Waals surface area contributed by atoms with Gasteiger partial charge in [0.1, 0.15) is 0 Å². The third-order valence-electron chi connectivity index (χ3n) is 1.74. The molecule has 1 rings (SSSR count). The lowest BCUT2D eigenvalue weighted by Crippen LogP contribution is -2.23. The van der Waals surface area contributed by atoms with Gasteiger partial charge in [0.2, 0.25) is 11.7 Å². The third-order valence-corrected chi connectivity index (χ3v) is 1.74. The quantitative estimate of drug-likeness (QED) is 0.754. The average Bonchev–Trinajstić information content (AvgIpc) is 2.45. The summed E-state index contributed by atoms with van der Waals surface area (Å²) in [5, 5.41) is 8.66. The van der Waals surface area contributed by atoms with Gasteiger partial charge in [-0.1, -0.05) is 0 Å². The second-order valence-corrected chi connectivity index (χ2v) is 2.79. The van der Waals surface area contributed by atoms with Crippen molar-refractivity contribution in [2.45, 2.75) is 13.8 Å². The van der Waals surface area contributed by atoms with Gasteiger partial charge in [0.25, 0.3) is 0 Å². The van der Waals surface area contributed by atoms with E-state index in [1.54, 1.807) is 0 Å². The van der Waals surface area contributed by atoms with Crippen molar-refractivity contribution in [1.29, 1.82) is 0 Å². The summed E-state index contributed by atoms with van der Waals surface area (Å²) in [6.07, 6.45) is 0. The minimum atomic E-state index is -1.20. The standard InChI is InChI=1S/C8H10N2O4/c1-4-6(7(12)13)14-8(9-4)10(3)5(2)11/h1-3H3,(H,12,13). The van der Waals surface area contributed by atoms with Gasteiger partial charge in [0.15, 0.2) is 0 Å². The second-order valence-electron chi connectivity index (χ2n) is 2.79. The molecule has 1 aromatic heterocycles. The van der Waals surface area contributed by atoms with Crippen LogP contribution in [-0.4, -0.2) is 29.0 Å². The van der Waals surface area contributed by atoms with Crippen molar-refractivity contribution in [2.24, 2.45) is 0 Å². The number of aromatic carboxylic acids is 1. The fourth-order valence-corrected chi connectivity index (χ4v) is 0.859. The second kappa shape index (κ2) is 3.49. The van der Waals surface area contributed by atoms with Crippen LogP contribution in [0.4, 0.5) is 6.01 Å². The van der Waals surface area contributed by atoms with Crippen molar-refractivity contribution in [3.05, 3.63) is 11.5 Å². The number of aromatic nitrogens is 1. The molecule has 0 atom stereocenters. The Bertz CT molecular complexity index is 383. The number of nitrogens with zero attached hydrogens (tertiary/aromatic N) is 2. The summed E-state index contributed by atoms with van der Waals surface area (Å²) in [4.78, 5) is 26.5. The number of oxazole rings is 1. The molecule has 0 spiro atoms. The van der Waals surface area contributed by atoms with Gasteiger partial charge in [-0.3, -0.25) is 9.69 Å². The molecule has 6 heteroatoms. The molecule has 0 unspecified atom stereocenters. The summed E-state index contributed by atoms with van der Waals surface area (Å²) in [7, 11) is 1.46. The molecule has 6 nitrogen and oxygen atoms in total. The molecule has 0 aromatic carbocycles. The monoisotopic (exact) mass is 198 g/mol. The Morgan fingerprint density at radius 1 is 1.50 bits per heavy atom. The topological polar surface area (TPSA) is 83.6 Å². The van der Waals surface area contributed by atoms with E-state index in [4.69, 9.17) is 9.52 Å². The van der Waals surface area contributed by atoms with Crippen molar-refractivity contribution in [1.82, 2.24) is 4.98 Å². The molecule has 1 N–H and O–H groups in total. The molecule has 0 aliphatic carbocycles. The van der Waals surface area contributed by atoms with E-state index < -0.39 is 5.97 Å². The van der Waals surface area contributed by atoms with Gasteiger partial charge in [-0.05, 0) is 6.92 Å². The number of hydrogen-bond acceptors (Lipinski definition) is 4. The van der Waals surface area contributed by atoms with Gasteiger partial charge < -0.3 is 9.52 Å². The number of anilines is 1. The maximum atomic E-state index is 10.9. The number of amides is 1. The SMILES string of the molecule is CC(=O)N(C)c1nc(C)c(C(=O)O)o1. The molecule has 0 saturated heterocycles. The molecule has 1 heterocycles. The lowest BCUT2D eigenvalue weighted by Gasteiger charge is -2.07. The summed E-state index contributed by atoms with van der Waals surface area (Å²) in [6, 6.07) is -0.00704. The van der Waals surface area contributed by atoms with Gasteiger partial charge in [-0.25, -0.2) is 4.79 Å². The number of carbonyl (C=O) groups is 2. The van der Waals surface area contributed by atoms with Crippen molar-refractivity contribution < 1.29 is 19.1 Å². The highest BCUT2D eigenvalue weighted by Crippen LogP contribution is 2.17. The maximum absolute atomic E-state index is 10.9. The molecule has 0 bridgehead atoms. The van der Waals surface area contributed by atoms with E-state index in [0.29, 0.717) is 0 Å². The minimum absolute atomic E-state index is 0.00704. The van der Waals surface area contributed by atoms with Crippen molar-refractivity contribution >= 4 is 17.9 Å². The number of carboxylic acids is 1. The Morgan fingerprint density at radius 3 is 2.43 bits per heavy atom. The summed E-state index contributed by atoms with van der Waals surface area (Å²) < 4.78 is 4.89. The smallest absolute Gasteiger partial charge is 0.373 e. The van der Waals surface area contributed by atoms with Gasteiger partial charge in [0, 0.05) is 14.0 Å². The molecule has 0 saturated carbocycles. The van der Waals surface area contributed by atoms with Crippen LogP contribution in [0.1, 0.15) is 23.2 Å². The van der Waals surface area contributed by atoms with Crippen molar-refractivity contribution in [3.63, 3.8) is 0 Å². The van der Waals surface area contributed by atoms with Crippen molar-refractivity contribution in [2.75, 3.05) is 11.9 Å². The van der Waals surface area contributed by atoms with E-state index in [-0.39, 0.29) is 23.4 Å². The molecule has 76 valence electrons. The van der Waals surface area contributed by atoms with Crippen LogP contribution in [0, 0.1) is 6.92 Å². The third kappa shape index (κ3) is 1.73. The predicted molar refractivity (Wildman–Crippen MR) is 47.3 cm³/mol. The van der Waals surface area contributed by atoms with Crippen LogP contribution in [0.5, 0.6) is 0 Å². The van der Waals surface area contributed by atoms with Crippen LogP contribution in [-0.2, 0) is 4.79 Å². The molecule has 14 heavy (non-hydrogen) atoms. The van der Waals surface area contributed by atoms with Crippen LogP contribution in [0.15, 0.2) is 4.42 Å². The fraction of sp³-hybridized carbons (Fsp3) is 0.375. The summed E-state index contributed by atoms with van der Waals surface area (Å²) >= 11 is 0. The van der Waals surface area contributed by atoms with Gasteiger partial charge in [-0.2, -0.15) is 4.98 Å². The highest BCUT2D eigenvalue weighted by molar-refractivity contribution is 5.90. The molecule has 1 aromatic rings. The van der Waals surface area contributed by atoms with Gasteiger partial charge in [0.05, 0.1) is 5.69 Å². The minimum Gasteiger partial charge on any atom is -0.475 e. The number of carboxylic acid groups (broad SMARTS) is 1. The lowest BCUT2D eigenvalue weighted by atomic mass is 10.4. The summed E-state index contributed by atoms with van der Waals surface area (Å²) in [5.41, 5.74) is 0.251. The van der Waals surface area contributed by atoms with E-state index in [9.17, 15) is 9.59 Å². The largest absolute Gasteiger partial charge is 0.475 e. The first kappa shape index (κ1) is 10.2. The number of carbonyl (C=O) groups excluding carboxylic acids is 1. The Hall–Kier alpha value is -1.85. The first-order valence-electron chi connectivity index (χ1n) is 3.88. The lowest BCUT2D eigenvalue weighted by molar-refractivity contribution is -0.116. The van der Waals surface area contributed by atoms with Gasteiger partial charge >= 0.3 is 12.0 Å².